The molecule has 0 fully saturated rings. The molecular weight excluding hydrogens is 470 g/mol. The number of para-hydroxylation sites is 1. The van der Waals surface area contributed by atoms with Crippen molar-refractivity contribution in [2.75, 3.05) is 11.9 Å². The third-order valence-electron chi connectivity index (χ3n) is 6.37. The molecule has 0 bridgehead atoms. The van der Waals surface area contributed by atoms with Crippen molar-refractivity contribution < 1.29 is 24.3 Å². The molecule has 8 nitrogen and oxygen atoms in total. The standard InChI is InChI=1S/C29H33N3O5/c1-3-19(2)27(32-28(36)22-14-13-20-9-7-8-10-21(20)17-22)29(37)31-24(25(34)18-33)15-16-26(35)30-23-11-5-4-6-12-23/h4-14,17,19,24,27,33H,3,15-16,18H2,1-2H3,(H,30,35)(H,31,37)(H,32,36). The van der Waals surface area contributed by atoms with Crippen LogP contribution in [0.3, 0.4) is 0 Å². The van der Waals surface area contributed by atoms with Crippen LogP contribution in [-0.2, 0) is 14.4 Å². The zero-order chi connectivity index (χ0) is 26.8. The Hall–Kier alpha value is -4.04. The van der Waals surface area contributed by atoms with E-state index in [9.17, 15) is 24.3 Å². The molecule has 0 aliphatic rings. The molecule has 3 atom stereocenters. The van der Waals surface area contributed by atoms with Crippen LogP contribution in [-0.4, -0.2) is 47.3 Å². The van der Waals surface area contributed by atoms with Gasteiger partial charge >= 0.3 is 0 Å². The van der Waals surface area contributed by atoms with Gasteiger partial charge in [-0.3, -0.25) is 19.2 Å². The summed E-state index contributed by atoms with van der Waals surface area (Å²) in [6, 6.07) is 19.9. The van der Waals surface area contributed by atoms with Crippen LogP contribution in [0.4, 0.5) is 5.69 Å². The number of fused-ring (bicyclic) bond motifs is 1. The van der Waals surface area contributed by atoms with E-state index >= 15 is 0 Å². The quantitative estimate of drug-likeness (QED) is 0.301. The van der Waals surface area contributed by atoms with E-state index in [4.69, 9.17) is 0 Å². The van der Waals surface area contributed by atoms with Crippen LogP contribution in [0.5, 0.6) is 0 Å². The Labute approximate surface area is 216 Å². The van der Waals surface area contributed by atoms with Crippen LogP contribution in [0, 0.1) is 5.92 Å². The number of rotatable bonds is 12. The monoisotopic (exact) mass is 503 g/mol. The van der Waals surface area contributed by atoms with Crippen LogP contribution in [0.2, 0.25) is 0 Å². The van der Waals surface area contributed by atoms with E-state index in [-0.39, 0.29) is 24.7 Å². The minimum atomic E-state index is -1.07. The fourth-order valence-electron chi connectivity index (χ4n) is 3.96. The van der Waals surface area contributed by atoms with E-state index < -0.39 is 36.3 Å². The van der Waals surface area contributed by atoms with Crippen molar-refractivity contribution in [3.8, 4) is 0 Å². The molecule has 3 aromatic rings. The Kier molecular flexibility index (Phi) is 9.92. The summed E-state index contributed by atoms with van der Waals surface area (Å²) in [5.41, 5.74) is 1.04. The topological polar surface area (TPSA) is 125 Å². The first kappa shape index (κ1) is 27.5. The van der Waals surface area contributed by atoms with Gasteiger partial charge in [0.15, 0.2) is 5.78 Å². The Bertz CT molecular complexity index is 1240. The van der Waals surface area contributed by atoms with Crippen LogP contribution < -0.4 is 16.0 Å². The van der Waals surface area contributed by atoms with Gasteiger partial charge in [0.2, 0.25) is 11.8 Å². The smallest absolute Gasteiger partial charge is 0.251 e. The number of Topliss-reactive ketones (excluding diaryl/α,β-unsaturated/α-hetero) is 1. The van der Waals surface area contributed by atoms with E-state index in [1.807, 2.05) is 50.2 Å². The summed E-state index contributed by atoms with van der Waals surface area (Å²) in [5, 5.41) is 19.5. The summed E-state index contributed by atoms with van der Waals surface area (Å²) in [5.74, 6) is -2.10. The van der Waals surface area contributed by atoms with Gasteiger partial charge in [0.1, 0.15) is 12.6 Å². The highest BCUT2D eigenvalue weighted by Gasteiger charge is 2.30. The molecule has 3 rings (SSSR count). The van der Waals surface area contributed by atoms with Gasteiger partial charge in [-0.15, -0.1) is 0 Å². The van der Waals surface area contributed by atoms with Gasteiger partial charge in [-0.05, 0) is 47.4 Å². The maximum Gasteiger partial charge on any atom is 0.251 e. The van der Waals surface area contributed by atoms with Crippen molar-refractivity contribution >= 4 is 40.0 Å². The van der Waals surface area contributed by atoms with Crippen molar-refractivity contribution in [3.05, 3.63) is 78.4 Å². The van der Waals surface area contributed by atoms with Crippen LogP contribution >= 0.6 is 0 Å². The van der Waals surface area contributed by atoms with Crippen LogP contribution in [0.1, 0.15) is 43.5 Å². The molecule has 194 valence electrons. The van der Waals surface area contributed by atoms with E-state index in [1.165, 1.54) is 0 Å². The zero-order valence-electron chi connectivity index (χ0n) is 21.1. The molecule has 3 aromatic carbocycles. The predicted molar refractivity (Wildman–Crippen MR) is 143 cm³/mol. The second-order valence-electron chi connectivity index (χ2n) is 9.04. The Morgan fingerprint density at radius 2 is 1.54 bits per heavy atom. The molecule has 3 unspecified atom stereocenters. The fourth-order valence-corrected chi connectivity index (χ4v) is 3.96. The number of ketones is 1. The summed E-state index contributed by atoms with van der Waals surface area (Å²) in [6.45, 7) is 2.96. The molecule has 37 heavy (non-hydrogen) atoms. The van der Waals surface area contributed by atoms with Crippen LogP contribution in [0.15, 0.2) is 72.8 Å². The fraction of sp³-hybridized carbons (Fsp3) is 0.310. The molecular formula is C29H33N3O5. The number of amides is 3. The summed E-state index contributed by atoms with van der Waals surface area (Å²) in [7, 11) is 0. The number of hydrogen-bond donors (Lipinski definition) is 4. The molecule has 0 heterocycles. The number of carbonyl (C=O) groups is 4. The first-order chi connectivity index (χ1) is 17.8. The van der Waals surface area contributed by atoms with Gasteiger partial charge < -0.3 is 21.1 Å². The highest BCUT2D eigenvalue weighted by atomic mass is 16.3. The van der Waals surface area contributed by atoms with E-state index in [2.05, 4.69) is 16.0 Å². The molecule has 0 spiro atoms. The average molecular weight is 504 g/mol. The van der Waals surface area contributed by atoms with E-state index in [0.717, 1.165) is 10.8 Å². The largest absolute Gasteiger partial charge is 0.389 e. The first-order valence-corrected chi connectivity index (χ1v) is 12.4. The van der Waals surface area contributed by atoms with Gasteiger partial charge in [-0.2, -0.15) is 0 Å². The maximum atomic E-state index is 13.2. The number of hydrogen-bond acceptors (Lipinski definition) is 5. The Balaban J connectivity index is 1.68. The highest BCUT2D eigenvalue weighted by Crippen LogP contribution is 2.17. The lowest BCUT2D eigenvalue weighted by atomic mass is 9.96. The minimum Gasteiger partial charge on any atom is -0.389 e. The molecule has 0 radical (unpaired) electrons. The Morgan fingerprint density at radius 1 is 0.865 bits per heavy atom. The second kappa shape index (κ2) is 13.3. The van der Waals surface area contributed by atoms with Gasteiger partial charge in [-0.25, -0.2) is 0 Å². The van der Waals surface area contributed by atoms with Crippen molar-refractivity contribution in [2.45, 2.75) is 45.2 Å². The van der Waals surface area contributed by atoms with Crippen LogP contribution in [0.25, 0.3) is 10.8 Å². The van der Waals surface area contributed by atoms with Gasteiger partial charge in [0, 0.05) is 17.7 Å². The molecule has 3 amide bonds. The molecule has 0 saturated heterocycles. The number of carbonyl (C=O) groups excluding carboxylic acids is 4. The van der Waals surface area contributed by atoms with Crippen molar-refractivity contribution in [1.82, 2.24) is 10.6 Å². The third kappa shape index (κ3) is 7.72. The number of nitrogens with one attached hydrogen (secondary N) is 3. The van der Waals surface area contributed by atoms with Crippen molar-refractivity contribution in [2.24, 2.45) is 5.92 Å². The summed E-state index contributed by atoms with van der Waals surface area (Å²) in [6.07, 6.45) is 0.576. The average Bonchev–Trinajstić information content (AvgIpc) is 2.93. The predicted octanol–water partition coefficient (Wildman–Crippen LogP) is 3.45. The van der Waals surface area contributed by atoms with Crippen molar-refractivity contribution in [3.63, 3.8) is 0 Å². The van der Waals surface area contributed by atoms with E-state index in [1.54, 1.807) is 36.4 Å². The molecule has 8 heteroatoms. The highest BCUT2D eigenvalue weighted by molar-refractivity contribution is 6.01. The number of aliphatic hydroxyl groups is 1. The molecule has 4 N–H and O–H groups in total. The lowest BCUT2D eigenvalue weighted by Gasteiger charge is -2.26. The van der Waals surface area contributed by atoms with Crippen molar-refractivity contribution in [1.29, 1.82) is 0 Å². The summed E-state index contributed by atoms with van der Waals surface area (Å²) < 4.78 is 0. The lowest BCUT2D eigenvalue weighted by Crippen LogP contribution is -2.54. The minimum absolute atomic E-state index is 0.00957. The van der Waals surface area contributed by atoms with E-state index in [0.29, 0.717) is 17.7 Å². The lowest BCUT2D eigenvalue weighted by molar-refractivity contribution is -0.131. The number of benzene rings is 3. The Morgan fingerprint density at radius 3 is 2.22 bits per heavy atom. The van der Waals surface area contributed by atoms with Gasteiger partial charge in [0.05, 0.1) is 6.04 Å². The number of aliphatic hydroxyl groups excluding tert-OH is 1. The first-order valence-electron chi connectivity index (χ1n) is 12.4. The third-order valence-corrected chi connectivity index (χ3v) is 6.37. The summed E-state index contributed by atoms with van der Waals surface area (Å²) in [4.78, 5) is 51.0. The number of anilines is 1. The maximum absolute atomic E-state index is 13.2. The second-order valence-corrected chi connectivity index (χ2v) is 9.04. The SMILES string of the molecule is CCC(C)C(NC(=O)c1ccc2ccccc2c1)C(=O)NC(CCC(=O)Nc1ccccc1)C(=O)CO. The molecule has 0 saturated carbocycles. The van der Waals surface area contributed by atoms with Gasteiger partial charge in [0.25, 0.3) is 5.91 Å². The molecule has 0 aliphatic heterocycles. The normalized spacial score (nSPS) is 13.3. The van der Waals surface area contributed by atoms with Gasteiger partial charge in [-0.1, -0.05) is 68.8 Å². The molecule has 0 aliphatic carbocycles. The molecule has 0 aromatic heterocycles. The summed E-state index contributed by atoms with van der Waals surface area (Å²) >= 11 is 0. The zero-order valence-corrected chi connectivity index (χ0v) is 21.1.